The van der Waals surface area contributed by atoms with Crippen LogP contribution in [0.25, 0.3) is 0 Å². The average molecular weight is 533 g/mol. The summed E-state index contributed by atoms with van der Waals surface area (Å²) < 4.78 is 24.7. The molecule has 6 heteroatoms. The van der Waals surface area contributed by atoms with Gasteiger partial charge in [-0.25, -0.2) is 0 Å². The Kier molecular flexibility index (Phi) is 10.6. The standard InChI is InChI=1S/C32H56N2O4/c1-10-24-17-25(35-13-11-15-37-27-20-29(2,3)33-30(4,5)21-27)19-26(18-24)36-14-12-16-38-28-22-31(6,7)34-32(8,9)23-28/h17-19,27-28,33-34H,10-16,20-23H2,1-9H3. The summed E-state index contributed by atoms with van der Waals surface area (Å²) >= 11 is 0. The van der Waals surface area contributed by atoms with Crippen molar-refractivity contribution in [2.24, 2.45) is 0 Å². The molecule has 2 aliphatic rings. The highest BCUT2D eigenvalue weighted by Crippen LogP contribution is 2.31. The molecule has 6 nitrogen and oxygen atoms in total. The summed E-state index contributed by atoms with van der Waals surface area (Å²) in [4.78, 5) is 0. The van der Waals surface area contributed by atoms with Gasteiger partial charge >= 0.3 is 0 Å². The molecule has 0 bridgehead atoms. The Morgan fingerprint density at radius 1 is 0.605 bits per heavy atom. The molecule has 2 aliphatic heterocycles. The van der Waals surface area contributed by atoms with E-state index in [9.17, 15) is 0 Å². The van der Waals surface area contributed by atoms with Gasteiger partial charge in [-0.3, -0.25) is 0 Å². The normalized spacial score (nSPS) is 22.8. The van der Waals surface area contributed by atoms with E-state index in [0.717, 1.165) is 69.7 Å². The van der Waals surface area contributed by atoms with E-state index in [4.69, 9.17) is 18.9 Å². The van der Waals surface area contributed by atoms with Crippen molar-refractivity contribution in [3.05, 3.63) is 23.8 Å². The van der Waals surface area contributed by atoms with Gasteiger partial charge in [0.1, 0.15) is 11.5 Å². The lowest BCUT2D eigenvalue weighted by atomic mass is 9.81. The highest BCUT2D eigenvalue weighted by molar-refractivity contribution is 5.38. The van der Waals surface area contributed by atoms with Crippen molar-refractivity contribution in [2.45, 2.75) is 142 Å². The summed E-state index contributed by atoms with van der Waals surface area (Å²) in [5, 5.41) is 7.43. The smallest absolute Gasteiger partial charge is 0.123 e. The number of hydrogen-bond donors (Lipinski definition) is 2. The maximum absolute atomic E-state index is 6.24. The fourth-order valence-electron chi connectivity index (χ4n) is 6.69. The lowest BCUT2D eigenvalue weighted by Crippen LogP contribution is -2.59. The van der Waals surface area contributed by atoms with Crippen molar-refractivity contribution in [3.8, 4) is 11.5 Å². The topological polar surface area (TPSA) is 61.0 Å². The Bertz CT molecular complexity index is 782. The van der Waals surface area contributed by atoms with Crippen LogP contribution in [0.3, 0.4) is 0 Å². The second kappa shape index (κ2) is 12.9. The summed E-state index contributed by atoms with van der Waals surface area (Å²) in [6.45, 7) is 23.0. The Morgan fingerprint density at radius 3 is 1.32 bits per heavy atom. The van der Waals surface area contributed by atoms with Gasteiger partial charge in [0.05, 0.1) is 38.6 Å². The molecule has 2 heterocycles. The van der Waals surface area contributed by atoms with E-state index in [-0.39, 0.29) is 22.2 Å². The molecule has 0 unspecified atom stereocenters. The zero-order valence-electron chi connectivity index (χ0n) is 25.8. The number of ether oxygens (including phenoxy) is 4. The van der Waals surface area contributed by atoms with Gasteiger partial charge in [0.15, 0.2) is 0 Å². The number of aryl methyl sites for hydroxylation is 1. The van der Waals surface area contributed by atoms with Crippen LogP contribution in [0.2, 0.25) is 0 Å². The van der Waals surface area contributed by atoms with Crippen LogP contribution in [0.1, 0.15) is 106 Å². The van der Waals surface area contributed by atoms with Gasteiger partial charge in [-0.1, -0.05) is 6.92 Å². The van der Waals surface area contributed by atoms with Crippen LogP contribution in [0.15, 0.2) is 18.2 Å². The maximum atomic E-state index is 6.24. The second-order valence-corrected chi connectivity index (χ2v) is 14.2. The fourth-order valence-corrected chi connectivity index (χ4v) is 6.69. The third-order valence-corrected chi connectivity index (χ3v) is 7.48. The van der Waals surface area contributed by atoms with Crippen molar-refractivity contribution in [3.63, 3.8) is 0 Å². The van der Waals surface area contributed by atoms with E-state index in [2.05, 4.69) is 85.1 Å². The Labute approximate surface area is 232 Å². The molecular weight excluding hydrogens is 476 g/mol. The number of nitrogens with one attached hydrogen (secondary N) is 2. The number of piperidine rings is 2. The predicted octanol–water partition coefficient (Wildman–Crippen LogP) is 6.44. The summed E-state index contributed by atoms with van der Waals surface area (Å²) in [7, 11) is 0. The number of hydrogen-bond acceptors (Lipinski definition) is 6. The third kappa shape index (κ3) is 10.7. The Hall–Kier alpha value is -1.34. The summed E-state index contributed by atoms with van der Waals surface area (Å²) in [5.74, 6) is 1.75. The molecule has 0 radical (unpaired) electrons. The minimum Gasteiger partial charge on any atom is -0.493 e. The van der Waals surface area contributed by atoms with Crippen molar-refractivity contribution in [1.29, 1.82) is 0 Å². The van der Waals surface area contributed by atoms with Gasteiger partial charge in [0.25, 0.3) is 0 Å². The molecule has 3 rings (SSSR count). The molecule has 2 fully saturated rings. The van der Waals surface area contributed by atoms with Gasteiger partial charge < -0.3 is 29.6 Å². The molecule has 2 saturated heterocycles. The molecule has 1 aromatic rings. The van der Waals surface area contributed by atoms with E-state index in [1.807, 2.05) is 6.07 Å². The Morgan fingerprint density at radius 2 is 0.974 bits per heavy atom. The van der Waals surface area contributed by atoms with Crippen molar-refractivity contribution in [1.82, 2.24) is 10.6 Å². The van der Waals surface area contributed by atoms with E-state index in [1.165, 1.54) is 5.56 Å². The van der Waals surface area contributed by atoms with Crippen LogP contribution < -0.4 is 20.1 Å². The minimum absolute atomic E-state index is 0.104. The molecule has 0 aromatic heterocycles. The molecule has 1 aromatic carbocycles. The predicted molar refractivity (Wildman–Crippen MR) is 157 cm³/mol. The van der Waals surface area contributed by atoms with E-state index >= 15 is 0 Å². The minimum atomic E-state index is 0.104. The highest BCUT2D eigenvalue weighted by atomic mass is 16.5. The third-order valence-electron chi connectivity index (χ3n) is 7.48. The van der Waals surface area contributed by atoms with Crippen LogP contribution >= 0.6 is 0 Å². The average Bonchev–Trinajstić information content (AvgIpc) is 2.74. The summed E-state index contributed by atoms with van der Waals surface area (Å²) in [6, 6.07) is 6.25. The first-order valence-electron chi connectivity index (χ1n) is 14.9. The quantitative estimate of drug-likeness (QED) is 0.285. The molecule has 0 spiro atoms. The van der Waals surface area contributed by atoms with Gasteiger partial charge in [0, 0.05) is 41.1 Å². The van der Waals surface area contributed by atoms with Crippen LogP contribution in [-0.4, -0.2) is 60.8 Å². The molecule has 0 saturated carbocycles. The van der Waals surface area contributed by atoms with E-state index in [1.54, 1.807) is 0 Å². The number of benzene rings is 1. The van der Waals surface area contributed by atoms with E-state index in [0.29, 0.717) is 25.4 Å². The van der Waals surface area contributed by atoms with Gasteiger partial charge in [-0.05, 0) is 105 Å². The van der Waals surface area contributed by atoms with Crippen LogP contribution in [0.4, 0.5) is 0 Å². The van der Waals surface area contributed by atoms with Gasteiger partial charge in [-0.15, -0.1) is 0 Å². The van der Waals surface area contributed by atoms with Crippen LogP contribution in [-0.2, 0) is 15.9 Å². The first kappa shape index (κ1) is 31.2. The zero-order valence-corrected chi connectivity index (χ0v) is 25.8. The van der Waals surface area contributed by atoms with Crippen molar-refractivity contribution >= 4 is 0 Å². The molecule has 38 heavy (non-hydrogen) atoms. The zero-order chi connectivity index (χ0) is 28.0. The van der Waals surface area contributed by atoms with Crippen molar-refractivity contribution < 1.29 is 18.9 Å². The molecular formula is C32H56N2O4. The van der Waals surface area contributed by atoms with E-state index < -0.39 is 0 Å². The molecule has 218 valence electrons. The van der Waals surface area contributed by atoms with Gasteiger partial charge in [0.2, 0.25) is 0 Å². The maximum Gasteiger partial charge on any atom is 0.123 e. The lowest BCUT2D eigenvalue weighted by Gasteiger charge is -2.46. The van der Waals surface area contributed by atoms with Crippen LogP contribution in [0.5, 0.6) is 11.5 Å². The largest absolute Gasteiger partial charge is 0.493 e. The lowest BCUT2D eigenvalue weighted by molar-refractivity contribution is -0.0250. The molecule has 0 amide bonds. The first-order chi connectivity index (χ1) is 17.7. The molecule has 2 N–H and O–H groups in total. The Balaban J connectivity index is 1.37. The monoisotopic (exact) mass is 532 g/mol. The summed E-state index contributed by atoms with van der Waals surface area (Å²) in [5.41, 5.74) is 1.64. The van der Waals surface area contributed by atoms with Crippen molar-refractivity contribution in [2.75, 3.05) is 26.4 Å². The van der Waals surface area contributed by atoms with Crippen LogP contribution in [0, 0.1) is 0 Å². The highest BCUT2D eigenvalue weighted by Gasteiger charge is 2.39. The SMILES string of the molecule is CCc1cc(OCCCOC2CC(C)(C)NC(C)(C)C2)cc(OCCCOC2CC(C)(C)NC(C)(C)C2)c1. The number of rotatable bonds is 13. The second-order valence-electron chi connectivity index (χ2n) is 14.2. The molecule has 0 atom stereocenters. The fraction of sp³-hybridized carbons (Fsp3) is 0.812. The summed E-state index contributed by atoms with van der Waals surface area (Å²) in [6.07, 6.45) is 7.43. The molecule has 0 aliphatic carbocycles. The first-order valence-corrected chi connectivity index (χ1v) is 14.9. The van der Waals surface area contributed by atoms with Gasteiger partial charge in [-0.2, -0.15) is 0 Å².